The number of amides is 4. The van der Waals surface area contributed by atoms with Gasteiger partial charge in [-0.3, -0.25) is 9.59 Å². The second-order valence-electron chi connectivity index (χ2n) is 14.8. The molecule has 2 saturated heterocycles. The van der Waals surface area contributed by atoms with Crippen molar-refractivity contribution in [1.29, 1.82) is 0 Å². The Morgan fingerprint density at radius 1 is 0.621 bits per heavy atom. The van der Waals surface area contributed by atoms with Crippen LogP contribution in [0.4, 0.5) is 9.59 Å². The van der Waals surface area contributed by atoms with Crippen molar-refractivity contribution in [3.05, 3.63) is 72.3 Å². The van der Waals surface area contributed by atoms with Crippen LogP contribution in [0, 0.1) is 0 Å². The van der Waals surface area contributed by atoms with E-state index >= 15 is 0 Å². The van der Waals surface area contributed by atoms with Crippen molar-refractivity contribution in [2.45, 2.75) is 75.9 Å². The normalized spacial score (nSPS) is 18.9. The number of aromatic nitrogens is 4. The van der Waals surface area contributed by atoms with E-state index in [2.05, 4.69) is 57.0 Å². The number of aromatic amines is 2. The summed E-state index contributed by atoms with van der Waals surface area (Å²) in [7, 11) is 5.51. The molecule has 2 aliphatic rings. The molecule has 5 aromatic rings. The van der Waals surface area contributed by atoms with Gasteiger partial charge in [-0.05, 0) is 86.1 Å². The van der Waals surface area contributed by atoms with Crippen LogP contribution in [0.1, 0.15) is 63.3 Å². The lowest BCUT2D eigenvalue weighted by Crippen LogP contribution is -2.54. The van der Waals surface area contributed by atoms with Crippen molar-refractivity contribution in [3.8, 4) is 22.3 Å². The van der Waals surface area contributed by atoms with Crippen molar-refractivity contribution in [2.24, 2.45) is 0 Å². The third kappa shape index (κ3) is 8.07. The zero-order valence-electron chi connectivity index (χ0n) is 33.5. The van der Waals surface area contributed by atoms with E-state index in [1.807, 2.05) is 24.3 Å². The standard InChI is InChI=1S/C42H50N8O8/c1-23(55-3)35(47-41(53)57-5)39(51)49-19-7-9-33(49)37-43-29-17-15-27(21-31(29)45-37)25-11-13-26(14-12-25)28-16-18-30-32(22-28)46-38(44-30)34-10-8-20-50(34)40(52)36(24(2)56-4)48-42(54)58-6/h11-18,21-24,33-36H,7-10,19-20H2,1-6H3,(H,43,45)(H,44,46)(H,47,53)(H,48,54)/t23-,24-,33+,34+,35+,36+/m1/s1. The molecule has 6 atom stereocenters. The van der Waals surface area contributed by atoms with E-state index in [4.69, 9.17) is 28.9 Å². The van der Waals surface area contributed by atoms with Gasteiger partial charge in [0.05, 0.1) is 60.6 Å². The summed E-state index contributed by atoms with van der Waals surface area (Å²) in [4.78, 5) is 71.7. The number of fused-ring (bicyclic) bond motifs is 2. The molecule has 16 nitrogen and oxygen atoms in total. The van der Waals surface area contributed by atoms with Crippen LogP contribution in [0.25, 0.3) is 44.3 Å². The smallest absolute Gasteiger partial charge is 0.407 e. The monoisotopic (exact) mass is 794 g/mol. The molecule has 4 heterocycles. The Kier molecular flexibility index (Phi) is 12.0. The molecule has 0 radical (unpaired) electrons. The SMILES string of the molecule is COC(=O)N[C@H](C(=O)N1CCC[C@H]1c1nc2ccc(-c3ccc(-c4ccc5nc([C@@H]6CCCN6C(=O)[C@@H](NC(=O)OC)[C@@H](C)OC)[nH]c5c4)cc3)cc2[nH]1)[C@@H](C)OC. The van der Waals surface area contributed by atoms with E-state index in [1.165, 1.54) is 28.4 Å². The number of carbonyl (C=O) groups excluding carboxylic acids is 4. The van der Waals surface area contributed by atoms with Gasteiger partial charge in [-0.1, -0.05) is 36.4 Å². The van der Waals surface area contributed by atoms with Crippen LogP contribution >= 0.6 is 0 Å². The Morgan fingerprint density at radius 3 is 1.36 bits per heavy atom. The Bertz CT molecular complexity index is 2130. The highest BCUT2D eigenvalue weighted by molar-refractivity contribution is 5.89. The van der Waals surface area contributed by atoms with Crippen molar-refractivity contribution >= 4 is 46.1 Å². The minimum atomic E-state index is -0.904. The first kappa shape index (κ1) is 40.2. The highest BCUT2D eigenvalue weighted by atomic mass is 16.5. The largest absolute Gasteiger partial charge is 0.453 e. The molecule has 2 fully saturated rings. The number of benzene rings is 3. The predicted molar refractivity (Wildman–Crippen MR) is 216 cm³/mol. The van der Waals surface area contributed by atoms with E-state index < -0.39 is 36.5 Å². The van der Waals surface area contributed by atoms with E-state index in [0.29, 0.717) is 24.7 Å². The molecule has 0 unspecified atom stereocenters. The Morgan fingerprint density at radius 2 is 1.00 bits per heavy atom. The van der Waals surface area contributed by atoms with E-state index in [9.17, 15) is 19.2 Å². The van der Waals surface area contributed by atoms with Crippen LogP contribution in [0.15, 0.2) is 60.7 Å². The second kappa shape index (κ2) is 17.2. The first-order valence-electron chi connectivity index (χ1n) is 19.5. The molecule has 306 valence electrons. The van der Waals surface area contributed by atoms with E-state index in [-0.39, 0.29) is 23.9 Å². The molecule has 4 amide bonds. The fraction of sp³-hybridized carbons (Fsp3) is 0.429. The molecule has 0 spiro atoms. The molecule has 2 aromatic heterocycles. The van der Waals surface area contributed by atoms with Crippen LogP contribution in [-0.2, 0) is 28.5 Å². The molecule has 0 aliphatic carbocycles. The lowest BCUT2D eigenvalue weighted by molar-refractivity contribution is -0.138. The number of nitrogens with zero attached hydrogens (tertiary/aromatic N) is 4. The minimum absolute atomic E-state index is 0.250. The predicted octanol–water partition coefficient (Wildman–Crippen LogP) is 5.62. The van der Waals surface area contributed by atoms with Gasteiger partial charge in [-0.25, -0.2) is 19.6 Å². The van der Waals surface area contributed by atoms with Crippen LogP contribution in [0.2, 0.25) is 0 Å². The maximum atomic E-state index is 13.7. The number of imidazole rings is 2. The summed E-state index contributed by atoms with van der Waals surface area (Å²) in [5.41, 5.74) is 7.39. The molecular weight excluding hydrogens is 745 g/mol. The van der Waals surface area contributed by atoms with Gasteiger partial charge in [-0.2, -0.15) is 0 Å². The highest BCUT2D eigenvalue weighted by Crippen LogP contribution is 2.36. The van der Waals surface area contributed by atoms with E-state index in [1.54, 1.807) is 23.6 Å². The fourth-order valence-corrected chi connectivity index (χ4v) is 7.98. The second-order valence-corrected chi connectivity index (χ2v) is 14.8. The quantitative estimate of drug-likeness (QED) is 0.123. The van der Waals surface area contributed by atoms with Crippen molar-refractivity contribution < 1.29 is 38.1 Å². The summed E-state index contributed by atoms with van der Waals surface area (Å²) >= 11 is 0. The average molecular weight is 795 g/mol. The summed E-state index contributed by atoms with van der Waals surface area (Å²) in [5.74, 6) is 0.890. The number of ether oxygens (including phenoxy) is 4. The van der Waals surface area contributed by atoms with Gasteiger partial charge in [0.1, 0.15) is 23.7 Å². The molecular formula is C42H50N8O8. The number of carbonyl (C=O) groups is 4. The van der Waals surface area contributed by atoms with Gasteiger partial charge in [0, 0.05) is 27.3 Å². The minimum Gasteiger partial charge on any atom is -0.453 e. The van der Waals surface area contributed by atoms with Gasteiger partial charge in [-0.15, -0.1) is 0 Å². The summed E-state index contributed by atoms with van der Waals surface area (Å²) in [6.45, 7) is 4.54. The first-order valence-corrected chi connectivity index (χ1v) is 19.5. The molecule has 16 heteroatoms. The van der Waals surface area contributed by atoms with Gasteiger partial charge in [0.2, 0.25) is 11.8 Å². The van der Waals surface area contributed by atoms with Gasteiger partial charge >= 0.3 is 12.2 Å². The van der Waals surface area contributed by atoms with Crippen molar-refractivity contribution in [3.63, 3.8) is 0 Å². The molecule has 3 aromatic carbocycles. The topological polar surface area (TPSA) is 193 Å². The first-order chi connectivity index (χ1) is 28.0. The van der Waals surface area contributed by atoms with Gasteiger partial charge in [0.15, 0.2) is 0 Å². The maximum absolute atomic E-state index is 13.7. The third-order valence-corrected chi connectivity index (χ3v) is 11.4. The van der Waals surface area contributed by atoms with Crippen LogP contribution in [-0.4, -0.2) is 120 Å². The number of H-pyrrole nitrogens is 2. The molecule has 7 rings (SSSR count). The third-order valence-electron chi connectivity index (χ3n) is 11.4. The van der Waals surface area contributed by atoms with Crippen LogP contribution < -0.4 is 10.6 Å². The summed E-state index contributed by atoms with van der Waals surface area (Å²) in [5, 5.41) is 5.26. The zero-order valence-corrected chi connectivity index (χ0v) is 33.5. The zero-order chi connectivity index (χ0) is 41.1. The summed E-state index contributed by atoms with van der Waals surface area (Å²) in [6, 6.07) is 18.1. The fourth-order valence-electron chi connectivity index (χ4n) is 7.98. The number of nitrogens with one attached hydrogen (secondary N) is 4. The Hall–Kier alpha value is -6.00. The maximum Gasteiger partial charge on any atom is 0.407 e. The molecule has 4 N–H and O–H groups in total. The number of likely N-dealkylation sites (tertiary alicyclic amines) is 2. The number of hydrogen-bond acceptors (Lipinski definition) is 10. The number of alkyl carbamates (subject to hydrolysis) is 2. The van der Waals surface area contributed by atoms with Gasteiger partial charge < -0.3 is 49.3 Å². The Labute approximate surface area is 336 Å². The molecule has 58 heavy (non-hydrogen) atoms. The lowest BCUT2D eigenvalue weighted by Gasteiger charge is -2.30. The van der Waals surface area contributed by atoms with Crippen molar-refractivity contribution in [1.82, 2.24) is 40.4 Å². The van der Waals surface area contributed by atoms with E-state index in [0.717, 1.165) is 70.0 Å². The van der Waals surface area contributed by atoms with Crippen LogP contribution in [0.3, 0.4) is 0 Å². The molecule has 2 aliphatic heterocycles. The van der Waals surface area contributed by atoms with Crippen molar-refractivity contribution in [2.75, 3.05) is 41.5 Å². The van der Waals surface area contributed by atoms with Crippen LogP contribution in [0.5, 0.6) is 0 Å². The number of rotatable bonds is 12. The lowest BCUT2D eigenvalue weighted by atomic mass is 10.00. The average Bonchev–Trinajstić information content (AvgIpc) is 4.08. The van der Waals surface area contributed by atoms with Gasteiger partial charge in [0.25, 0.3) is 0 Å². The molecule has 0 saturated carbocycles. The summed E-state index contributed by atoms with van der Waals surface area (Å²) < 4.78 is 20.3. The summed E-state index contributed by atoms with van der Waals surface area (Å²) in [6.07, 6.45) is 0.570. The highest BCUT2D eigenvalue weighted by Gasteiger charge is 2.40. The Balaban J connectivity index is 1.06. The number of methoxy groups -OCH3 is 4. The molecule has 0 bridgehead atoms. The number of hydrogen-bond donors (Lipinski definition) is 4.